The summed E-state index contributed by atoms with van der Waals surface area (Å²) in [5.41, 5.74) is 9.84. The third-order valence-electron chi connectivity index (χ3n) is 8.45. The summed E-state index contributed by atoms with van der Waals surface area (Å²) in [6, 6.07) is 34.0. The number of benzene rings is 4. The second kappa shape index (κ2) is 13.7. The van der Waals surface area contributed by atoms with Crippen molar-refractivity contribution in [2.75, 3.05) is 0 Å². The van der Waals surface area contributed by atoms with Gasteiger partial charge in [0.15, 0.2) is 0 Å². The average Bonchev–Trinajstić information content (AvgIpc) is 3.57. The molecule has 0 fully saturated rings. The molecule has 7 rings (SSSR count). The van der Waals surface area contributed by atoms with Crippen molar-refractivity contribution in [1.82, 2.24) is 19.3 Å². The minimum atomic E-state index is -0.348. The van der Waals surface area contributed by atoms with Gasteiger partial charge in [0.05, 0.1) is 5.69 Å². The van der Waals surface area contributed by atoms with Crippen LogP contribution in [0.3, 0.4) is 0 Å². The Morgan fingerprint density at radius 2 is 1.51 bits per heavy atom. The van der Waals surface area contributed by atoms with Crippen LogP contribution >= 0.6 is 0 Å². The first-order chi connectivity index (χ1) is 22.5. The number of hydrogen-bond donors (Lipinski definition) is 0. The Morgan fingerprint density at radius 3 is 2.28 bits per heavy atom. The van der Waals surface area contributed by atoms with Crippen LogP contribution in [0.5, 0.6) is 11.5 Å². The second-order valence-corrected chi connectivity index (χ2v) is 11.7. The Kier molecular flexibility index (Phi) is 9.41. The minimum Gasteiger partial charge on any atom is -0.509 e. The monoisotopic (exact) mass is 712 g/mol. The molecule has 7 aromatic rings. The van der Waals surface area contributed by atoms with Crippen molar-refractivity contribution in [3.8, 4) is 34.1 Å². The van der Waals surface area contributed by atoms with E-state index in [0.29, 0.717) is 17.3 Å². The molecule has 0 radical (unpaired) electrons. The molecule has 0 saturated heterocycles. The molecule has 0 saturated carbocycles. The van der Waals surface area contributed by atoms with Gasteiger partial charge in [0.25, 0.3) is 0 Å². The molecule has 0 atom stereocenters. The summed E-state index contributed by atoms with van der Waals surface area (Å²) in [5.74, 6) is 1.22. The fourth-order valence-corrected chi connectivity index (χ4v) is 6.50. The van der Waals surface area contributed by atoms with Crippen LogP contribution in [0.25, 0.3) is 44.4 Å². The SMILES string of the molecule is CCCc1nn(-c2[c-]c(Oc3[c-]c4c(cc3)c3ccccc3n4-c3cc(F)ccn3)ccc2)c(CCC)c1-c1c(C)cccc1C.[Pd+2]. The van der Waals surface area contributed by atoms with E-state index in [0.717, 1.165) is 58.9 Å². The van der Waals surface area contributed by atoms with E-state index >= 15 is 0 Å². The van der Waals surface area contributed by atoms with Crippen molar-refractivity contribution in [3.63, 3.8) is 0 Å². The van der Waals surface area contributed by atoms with E-state index in [9.17, 15) is 4.39 Å². The molecule has 0 bridgehead atoms. The molecule has 47 heavy (non-hydrogen) atoms. The smallest absolute Gasteiger partial charge is 0.509 e. The van der Waals surface area contributed by atoms with Crippen LogP contribution in [0.1, 0.15) is 49.2 Å². The predicted octanol–water partition coefficient (Wildman–Crippen LogP) is 10.1. The maximum Gasteiger partial charge on any atom is 2.00 e. The van der Waals surface area contributed by atoms with Crippen molar-refractivity contribution in [2.24, 2.45) is 0 Å². The van der Waals surface area contributed by atoms with E-state index in [-0.39, 0.29) is 26.2 Å². The van der Waals surface area contributed by atoms with Crippen LogP contribution in [-0.4, -0.2) is 19.3 Å². The zero-order valence-corrected chi connectivity index (χ0v) is 28.4. The maximum absolute atomic E-state index is 14.3. The number of pyridine rings is 1. The Balaban J connectivity index is 0.00000386. The van der Waals surface area contributed by atoms with Crippen molar-refractivity contribution in [2.45, 2.75) is 53.4 Å². The zero-order valence-electron chi connectivity index (χ0n) is 26.9. The van der Waals surface area contributed by atoms with E-state index < -0.39 is 0 Å². The van der Waals surface area contributed by atoms with E-state index in [2.05, 4.69) is 73.8 Å². The fourth-order valence-electron chi connectivity index (χ4n) is 6.50. The number of fused-ring (bicyclic) bond motifs is 3. The quantitative estimate of drug-likeness (QED) is 0.111. The normalized spacial score (nSPS) is 11.3. The van der Waals surface area contributed by atoms with E-state index in [4.69, 9.17) is 9.84 Å². The van der Waals surface area contributed by atoms with Gasteiger partial charge in [-0.2, -0.15) is 17.2 Å². The number of aryl methyl sites for hydroxylation is 3. The van der Waals surface area contributed by atoms with Crippen LogP contribution in [-0.2, 0) is 33.3 Å². The molecular formula is C40H35FN4OPd. The summed E-state index contributed by atoms with van der Waals surface area (Å²) in [7, 11) is 0. The Morgan fingerprint density at radius 1 is 0.766 bits per heavy atom. The van der Waals surface area contributed by atoms with E-state index in [1.54, 1.807) is 0 Å². The first-order valence-corrected chi connectivity index (χ1v) is 15.9. The van der Waals surface area contributed by atoms with Gasteiger partial charge in [-0.05, 0) is 66.6 Å². The van der Waals surface area contributed by atoms with E-state index in [1.165, 1.54) is 46.3 Å². The van der Waals surface area contributed by atoms with Crippen molar-refractivity contribution in [3.05, 3.63) is 132 Å². The molecule has 5 nitrogen and oxygen atoms in total. The van der Waals surface area contributed by atoms with Gasteiger partial charge in [0.1, 0.15) is 11.6 Å². The van der Waals surface area contributed by atoms with Crippen LogP contribution in [0.4, 0.5) is 4.39 Å². The summed E-state index contributed by atoms with van der Waals surface area (Å²) in [6.45, 7) is 8.77. The Labute approximate surface area is 288 Å². The first-order valence-electron chi connectivity index (χ1n) is 15.9. The summed E-state index contributed by atoms with van der Waals surface area (Å²) < 4.78 is 24.7. The van der Waals surface area contributed by atoms with Crippen LogP contribution in [0, 0.1) is 31.8 Å². The van der Waals surface area contributed by atoms with Gasteiger partial charge in [-0.1, -0.05) is 68.6 Å². The zero-order chi connectivity index (χ0) is 31.8. The molecule has 0 unspecified atom stereocenters. The molecule has 238 valence electrons. The summed E-state index contributed by atoms with van der Waals surface area (Å²) >= 11 is 0. The molecule has 0 N–H and O–H groups in total. The topological polar surface area (TPSA) is 44.9 Å². The predicted molar refractivity (Wildman–Crippen MR) is 183 cm³/mol. The third-order valence-corrected chi connectivity index (χ3v) is 8.45. The number of halogens is 1. The summed E-state index contributed by atoms with van der Waals surface area (Å²) in [6.07, 6.45) is 5.27. The van der Waals surface area contributed by atoms with Gasteiger partial charge in [-0.15, -0.1) is 35.7 Å². The summed E-state index contributed by atoms with van der Waals surface area (Å²) in [5, 5.41) is 7.21. The van der Waals surface area contributed by atoms with Crippen molar-refractivity contribution in [1.29, 1.82) is 0 Å². The molecule has 0 amide bonds. The van der Waals surface area contributed by atoms with Gasteiger partial charge in [0, 0.05) is 40.5 Å². The maximum atomic E-state index is 14.3. The molecule has 3 aromatic heterocycles. The van der Waals surface area contributed by atoms with Gasteiger partial charge in [-0.3, -0.25) is 4.68 Å². The number of nitrogens with zero attached hydrogens (tertiary/aromatic N) is 4. The third kappa shape index (κ3) is 6.02. The molecule has 0 aliphatic rings. The van der Waals surface area contributed by atoms with E-state index in [1.807, 2.05) is 53.1 Å². The van der Waals surface area contributed by atoms with Crippen LogP contribution < -0.4 is 4.74 Å². The molecular weight excluding hydrogens is 678 g/mol. The Hall–Kier alpha value is -4.57. The van der Waals surface area contributed by atoms with Gasteiger partial charge in [-0.25, -0.2) is 9.37 Å². The molecule has 3 heterocycles. The number of hydrogen-bond acceptors (Lipinski definition) is 3. The Bertz CT molecular complexity index is 2200. The van der Waals surface area contributed by atoms with Crippen molar-refractivity contribution >= 4 is 21.8 Å². The average molecular weight is 713 g/mol. The first kappa shape index (κ1) is 32.4. The van der Waals surface area contributed by atoms with Gasteiger partial charge >= 0.3 is 20.4 Å². The van der Waals surface area contributed by atoms with Gasteiger partial charge < -0.3 is 9.30 Å². The van der Waals surface area contributed by atoms with Crippen molar-refractivity contribution < 1.29 is 29.6 Å². The fraction of sp³-hybridized carbons (Fsp3) is 0.200. The molecule has 0 spiro atoms. The number of para-hydroxylation sites is 1. The standard InChI is InChI=1S/C40H35FN4O.Pd/c1-5-11-34-40(39-26(3)13-9-14-27(39)4)36(12-6-2)45(43-34)29-15-10-16-30(24-29)46-31-19-20-33-32-17-7-8-18-35(32)44(37(33)25-31)38-23-28(41)21-22-42-38;/h7-10,13-23H,5-6,11-12H2,1-4H3;/q-2;+2. The summed E-state index contributed by atoms with van der Waals surface area (Å²) in [4.78, 5) is 4.47. The van der Waals surface area contributed by atoms with Gasteiger partial charge in [0.2, 0.25) is 0 Å². The van der Waals surface area contributed by atoms with Crippen LogP contribution in [0.2, 0.25) is 0 Å². The minimum absolute atomic E-state index is 0. The molecule has 4 aromatic carbocycles. The number of ether oxygens (including phenoxy) is 1. The second-order valence-electron chi connectivity index (χ2n) is 11.7. The number of rotatable bonds is 9. The molecule has 7 heteroatoms. The van der Waals surface area contributed by atoms with Crippen LogP contribution in [0.15, 0.2) is 91.1 Å². The molecule has 0 aliphatic heterocycles. The largest absolute Gasteiger partial charge is 2.00 e. The molecule has 0 aliphatic carbocycles. The number of aromatic nitrogens is 4.